The number of rotatable bonds is 7. The second kappa shape index (κ2) is 7.02. The van der Waals surface area contributed by atoms with E-state index in [1.54, 1.807) is 4.31 Å². The van der Waals surface area contributed by atoms with E-state index < -0.39 is 10.2 Å². The molecule has 1 aliphatic heterocycles. The van der Waals surface area contributed by atoms with Gasteiger partial charge in [-0.2, -0.15) is 17.4 Å². The molecule has 6 heteroatoms. The Morgan fingerprint density at radius 3 is 2.16 bits per heavy atom. The summed E-state index contributed by atoms with van der Waals surface area (Å²) in [6, 6.07) is 0. The SMILES string of the molecule is CCC(C)(CC)NS(=O)(=O)N1CCC(CNC)CC1. The number of hydrogen-bond acceptors (Lipinski definition) is 3. The van der Waals surface area contributed by atoms with Gasteiger partial charge >= 0.3 is 0 Å². The van der Waals surface area contributed by atoms with Crippen molar-refractivity contribution >= 4 is 10.2 Å². The normalized spacial score (nSPS) is 19.8. The first-order valence-electron chi connectivity index (χ1n) is 7.30. The summed E-state index contributed by atoms with van der Waals surface area (Å²) in [6.07, 6.45) is 3.49. The predicted octanol–water partition coefficient (Wildman–Crippen LogP) is 1.33. The number of piperidine rings is 1. The summed E-state index contributed by atoms with van der Waals surface area (Å²) in [4.78, 5) is 0. The number of nitrogens with zero attached hydrogens (tertiary/aromatic N) is 1. The minimum absolute atomic E-state index is 0.333. The molecule has 2 N–H and O–H groups in total. The highest BCUT2D eigenvalue weighted by atomic mass is 32.2. The Bertz CT molecular complexity index is 358. The maximum atomic E-state index is 12.4. The first-order chi connectivity index (χ1) is 8.87. The standard InChI is InChI=1S/C13H29N3O2S/c1-5-13(3,6-2)15-19(17,18)16-9-7-12(8-10-16)11-14-4/h12,14-15H,5-11H2,1-4H3. The highest BCUT2D eigenvalue weighted by Crippen LogP contribution is 2.21. The van der Waals surface area contributed by atoms with Gasteiger partial charge in [0.2, 0.25) is 0 Å². The van der Waals surface area contributed by atoms with Crippen molar-refractivity contribution in [1.82, 2.24) is 14.3 Å². The van der Waals surface area contributed by atoms with E-state index in [0.717, 1.165) is 32.2 Å². The topological polar surface area (TPSA) is 61.4 Å². The third-order valence-electron chi connectivity index (χ3n) is 4.34. The van der Waals surface area contributed by atoms with Gasteiger partial charge < -0.3 is 5.32 Å². The van der Waals surface area contributed by atoms with Crippen LogP contribution in [0.3, 0.4) is 0 Å². The summed E-state index contributed by atoms with van der Waals surface area (Å²) in [5.74, 6) is 0.597. The molecule has 0 amide bonds. The molecule has 1 aliphatic rings. The van der Waals surface area contributed by atoms with Gasteiger partial charge in [0, 0.05) is 18.6 Å². The number of hydrogen-bond donors (Lipinski definition) is 2. The van der Waals surface area contributed by atoms with Crippen LogP contribution in [0.5, 0.6) is 0 Å². The Kier molecular flexibility index (Phi) is 6.23. The van der Waals surface area contributed by atoms with Crippen LogP contribution in [0.2, 0.25) is 0 Å². The predicted molar refractivity (Wildman–Crippen MR) is 79.3 cm³/mol. The van der Waals surface area contributed by atoms with Crippen LogP contribution in [-0.4, -0.2) is 44.9 Å². The van der Waals surface area contributed by atoms with Crippen molar-refractivity contribution < 1.29 is 8.42 Å². The summed E-state index contributed by atoms with van der Waals surface area (Å²) in [7, 11) is -1.40. The molecular formula is C13H29N3O2S. The second-order valence-electron chi connectivity index (χ2n) is 5.77. The Morgan fingerprint density at radius 2 is 1.74 bits per heavy atom. The van der Waals surface area contributed by atoms with E-state index in [1.807, 2.05) is 27.8 Å². The zero-order valence-corrected chi connectivity index (χ0v) is 13.5. The summed E-state index contributed by atoms with van der Waals surface area (Å²) in [5, 5.41) is 3.16. The maximum absolute atomic E-state index is 12.4. The van der Waals surface area contributed by atoms with Crippen molar-refractivity contribution in [2.45, 2.75) is 52.0 Å². The molecule has 19 heavy (non-hydrogen) atoms. The quantitative estimate of drug-likeness (QED) is 0.744. The van der Waals surface area contributed by atoms with Gasteiger partial charge in [0.05, 0.1) is 0 Å². The molecule has 0 aromatic carbocycles. The van der Waals surface area contributed by atoms with Crippen LogP contribution in [0.25, 0.3) is 0 Å². The van der Waals surface area contributed by atoms with Crippen LogP contribution in [0, 0.1) is 5.92 Å². The zero-order chi connectivity index (χ0) is 14.5. The fourth-order valence-corrected chi connectivity index (χ4v) is 4.14. The van der Waals surface area contributed by atoms with Crippen molar-refractivity contribution in [3.63, 3.8) is 0 Å². The smallest absolute Gasteiger partial charge is 0.279 e. The molecular weight excluding hydrogens is 262 g/mol. The van der Waals surface area contributed by atoms with Gasteiger partial charge in [-0.1, -0.05) is 13.8 Å². The van der Waals surface area contributed by atoms with Gasteiger partial charge in [0.1, 0.15) is 0 Å². The van der Waals surface area contributed by atoms with Gasteiger partial charge in [-0.3, -0.25) is 0 Å². The molecule has 0 aromatic heterocycles. The van der Waals surface area contributed by atoms with E-state index >= 15 is 0 Å². The molecule has 0 atom stereocenters. The minimum Gasteiger partial charge on any atom is -0.319 e. The highest BCUT2D eigenvalue weighted by Gasteiger charge is 2.32. The molecule has 1 rings (SSSR count). The van der Waals surface area contributed by atoms with Crippen molar-refractivity contribution in [3.05, 3.63) is 0 Å². The summed E-state index contributed by atoms with van der Waals surface area (Å²) < 4.78 is 29.2. The van der Waals surface area contributed by atoms with E-state index in [0.29, 0.717) is 19.0 Å². The van der Waals surface area contributed by atoms with Gasteiger partial charge in [-0.25, -0.2) is 0 Å². The highest BCUT2D eigenvalue weighted by molar-refractivity contribution is 7.87. The molecule has 0 aromatic rings. The van der Waals surface area contributed by atoms with Crippen LogP contribution in [0.15, 0.2) is 0 Å². The van der Waals surface area contributed by atoms with E-state index in [-0.39, 0.29) is 5.54 Å². The lowest BCUT2D eigenvalue weighted by Crippen LogP contribution is -2.53. The number of nitrogens with one attached hydrogen (secondary N) is 2. The van der Waals surface area contributed by atoms with Crippen molar-refractivity contribution in [3.8, 4) is 0 Å². The summed E-state index contributed by atoms with van der Waals surface area (Å²) >= 11 is 0. The largest absolute Gasteiger partial charge is 0.319 e. The summed E-state index contributed by atoms with van der Waals surface area (Å²) in [5.41, 5.74) is -0.333. The van der Waals surface area contributed by atoms with Crippen LogP contribution >= 0.6 is 0 Å². The lowest BCUT2D eigenvalue weighted by atomic mass is 9.98. The van der Waals surface area contributed by atoms with E-state index in [9.17, 15) is 8.42 Å². The van der Waals surface area contributed by atoms with Crippen LogP contribution in [0.4, 0.5) is 0 Å². The fourth-order valence-electron chi connectivity index (χ4n) is 2.41. The van der Waals surface area contributed by atoms with Crippen molar-refractivity contribution in [1.29, 1.82) is 0 Å². The average molecular weight is 291 g/mol. The van der Waals surface area contributed by atoms with Crippen molar-refractivity contribution in [2.75, 3.05) is 26.7 Å². The molecule has 0 radical (unpaired) electrons. The van der Waals surface area contributed by atoms with Crippen LogP contribution in [0.1, 0.15) is 46.5 Å². The third-order valence-corrected chi connectivity index (χ3v) is 6.14. The van der Waals surface area contributed by atoms with Crippen LogP contribution < -0.4 is 10.0 Å². The monoisotopic (exact) mass is 291 g/mol. The Labute approximate surface area is 118 Å². The maximum Gasteiger partial charge on any atom is 0.279 e. The molecule has 0 saturated carbocycles. The molecule has 0 unspecified atom stereocenters. The van der Waals surface area contributed by atoms with E-state index in [1.165, 1.54) is 0 Å². The molecule has 1 fully saturated rings. The van der Waals surface area contributed by atoms with Crippen molar-refractivity contribution in [2.24, 2.45) is 5.92 Å². The molecule has 5 nitrogen and oxygen atoms in total. The molecule has 114 valence electrons. The van der Waals surface area contributed by atoms with Gasteiger partial charge in [-0.15, -0.1) is 0 Å². The minimum atomic E-state index is -3.34. The molecule has 0 spiro atoms. The summed E-state index contributed by atoms with van der Waals surface area (Å²) in [6.45, 7) is 8.24. The van der Waals surface area contributed by atoms with Crippen LogP contribution in [-0.2, 0) is 10.2 Å². The Balaban J connectivity index is 2.60. The van der Waals surface area contributed by atoms with Gasteiger partial charge in [0.15, 0.2) is 0 Å². The lowest BCUT2D eigenvalue weighted by Gasteiger charge is -2.35. The van der Waals surface area contributed by atoms with Gasteiger partial charge in [-0.05, 0) is 52.1 Å². The fraction of sp³-hybridized carbons (Fsp3) is 1.00. The van der Waals surface area contributed by atoms with Gasteiger partial charge in [0.25, 0.3) is 10.2 Å². The molecule has 1 heterocycles. The van der Waals surface area contributed by atoms with E-state index in [2.05, 4.69) is 10.0 Å². The third kappa shape index (κ3) is 4.70. The Morgan fingerprint density at radius 1 is 1.21 bits per heavy atom. The zero-order valence-electron chi connectivity index (χ0n) is 12.7. The average Bonchev–Trinajstić information content (AvgIpc) is 2.39. The molecule has 0 aliphatic carbocycles. The first kappa shape index (κ1) is 16.9. The first-order valence-corrected chi connectivity index (χ1v) is 8.74. The Hall–Kier alpha value is -0.170. The molecule has 0 bridgehead atoms. The molecule has 1 saturated heterocycles. The lowest BCUT2D eigenvalue weighted by molar-refractivity contribution is 0.261. The second-order valence-corrected chi connectivity index (χ2v) is 7.45. The van der Waals surface area contributed by atoms with E-state index in [4.69, 9.17) is 0 Å².